The van der Waals surface area contributed by atoms with Crippen molar-refractivity contribution in [2.24, 2.45) is 0 Å². The predicted octanol–water partition coefficient (Wildman–Crippen LogP) is 3.35. The molecular formula is C18H22FN3O4S. The van der Waals surface area contributed by atoms with E-state index in [1.165, 1.54) is 24.4 Å². The van der Waals surface area contributed by atoms with Crippen molar-refractivity contribution in [1.82, 2.24) is 4.98 Å². The number of sulfonamides is 1. The zero-order valence-corrected chi connectivity index (χ0v) is 16.0. The molecular weight excluding hydrogens is 373 g/mol. The van der Waals surface area contributed by atoms with Crippen LogP contribution in [0.1, 0.15) is 37.0 Å². The summed E-state index contributed by atoms with van der Waals surface area (Å²) >= 11 is 0. The lowest BCUT2D eigenvalue weighted by atomic mass is 10.2. The number of rotatable bonds is 9. The quantitative estimate of drug-likeness (QED) is 0.675. The highest BCUT2D eigenvalue weighted by Crippen LogP contribution is 2.24. The van der Waals surface area contributed by atoms with E-state index in [4.69, 9.17) is 0 Å². The first-order chi connectivity index (χ1) is 12.8. The highest BCUT2D eigenvalue weighted by molar-refractivity contribution is 7.92. The maximum absolute atomic E-state index is 13.3. The molecule has 0 spiro atoms. The second-order valence-electron chi connectivity index (χ2n) is 5.90. The first-order valence-electron chi connectivity index (χ1n) is 8.55. The van der Waals surface area contributed by atoms with Gasteiger partial charge >= 0.3 is 5.97 Å². The van der Waals surface area contributed by atoms with Gasteiger partial charge in [0.05, 0.1) is 16.8 Å². The van der Waals surface area contributed by atoms with E-state index < -0.39 is 21.8 Å². The average molecular weight is 395 g/mol. The zero-order chi connectivity index (χ0) is 20.0. The summed E-state index contributed by atoms with van der Waals surface area (Å²) < 4.78 is 40.3. The van der Waals surface area contributed by atoms with Gasteiger partial charge in [-0.2, -0.15) is 0 Å². The third kappa shape index (κ3) is 5.16. The van der Waals surface area contributed by atoms with E-state index in [9.17, 15) is 22.7 Å². The van der Waals surface area contributed by atoms with Gasteiger partial charge in [0, 0.05) is 13.1 Å². The normalized spacial score (nSPS) is 11.2. The number of unbranched alkanes of at least 4 members (excludes halogenated alkanes) is 1. The van der Waals surface area contributed by atoms with Crippen LogP contribution in [0, 0.1) is 5.82 Å². The molecule has 0 atom stereocenters. The van der Waals surface area contributed by atoms with Crippen LogP contribution in [-0.2, 0) is 10.0 Å². The number of halogens is 1. The van der Waals surface area contributed by atoms with E-state index in [2.05, 4.69) is 9.71 Å². The van der Waals surface area contributed by atoms with Gasteiger partial charge in [0.1, 0.15) is 17.2 Å². The fourth-order valence-electron chi connectivity index (χ4n) is 2.53. The Labute approximate surface area is 157 Å². The topological polar surface area (TPSA) is 99.6 Å². The summed E-state index contributed by atoms with van der Waals surface area (Å²) in [4.78, 5) is 17.4. The van der Waals surface area contributed by atoms with Crippen LogP contribution in [0.2, 0.25) is 0 Å². The van der Waals surface area contributed by atoms with Crippen LogP contribution in [0.4, 0.5) is 15.9 Å². The fourth-order valence-corrected chi connectivity index (χ4v) is 3.60. The van der Waals surface area contributed by atoms with Crippen molar-refractivity contribution in [3.8, 4) is 0 Å². The minimum absolute atomic E-state index is 0.00745. The standard InChI is InChI=1S/C18H22FN3O4S/c1-3-5-9-22(4-2)17-16(18(23)24)11-14(12-20-17)21-27(25,26)15-8-6-7-13(19)10-15/h6-8,10-12,21H,3-5,9H2,1-2H3,(H,23,24). The highest BCUT2D eigenvalue weighted by atomic mass is 32.2. The van der Waals surface area contributed by atoms with Gasteiger partial charge in [0.15, 0.2) is 0 Å². The van der Waals surface area contributed by atoms with E-state index in [1.807, 2.05) is 18.7 Å². The molecule has 27 heavy (non-hydrogen) atoms. The lowest BCUT2D eigenvalue weighted by molar-refractivity contribution is 0.0697. The smallest absolute Gasteiger partial charge is 0.339 e. The Kier molecular flexibility index (Phi) is 6.73. The van der Waals surface area contributed by atoms with E-state index in [-0.39, 0.29) is 22.0 Å². The number of hydrogen-bond donors (Lipinski definition) is 2. The molecule has 1 aromatic heterocycles. The Balaban J connectivity index is 2.36. The Bertz CT molecular complexity index is 919. The molecule has 2 aromatic rings. The number of carbonyl (C=O) groups is 1. The summed E-state index contributed by atoms with van der Waals surface area (Å²) in [5.41, 5.74) is -0.112. The molecule has 0 radical (unpaired) electrons. The number of aromatic carboxylic acids is 1. The van der Waals surface area contributed by atoms with Gasteiger partial charge in [0.2, 0.25) is 0 Å². The number of hydrogen-bond acceptors (Lipinski definition) is 5. The number of nitrogens with zero attached hydrogens (tertiary/aromatic N) is 2. The van der Waals surface area contributed by atoms with Crippen molar-refractivity contribution in [1.29, 1.82) is 0 Å². The summed E-state index contributed by atoms with van der Waals surface area (Å²) in [6.07, 6.45) is 3.08. The summed E-state index contributed by atoms with van der Waals surface area (Å²) in [5, 5.41) is 9.52. The van der Waals surface area contributed by atoms with Crippen LogP contribution >= 0.6 is 0 Å². The van der Waals surface area contributed by atoms with Crippen molar-refractivity contribution < 1.29 is 22.7 Å². The monoisotopic (exact) mass is 395 g/mol. The van der Waals surface area contributed by atoms with Crippen molar-refractivity contribution in [3.05, 3.63) is 47.9 Å². The predicted molar refractivity (Wildman–Crippen MR) is 101 cm³/mol. The Morgan fingerprint density at radius 3 is 2.63 bits per heavy atom. The van der Waals surface area contributed by atoms with Gasteiger partial charge in [-0.25, -0.2) is 22.6 Å². The molecule has 0 saturated carbocycles. The first kappa shape index (κ1) is 20.6. The second kappa shape index (κ2) is 8.81. The molecule has 7 nitrogen and oxygen atoms in total. The molecule has 0 aliphatic heterocycles. The van der Waals surface area contributed by atoms with Crippen LogP contribution in [0.5, 0.6) is 0 Å². The molecule has 0 saturated heterocycles. The molecule has 1 aromatic carbocycles. The SMILES string of the molecule is CCCCN(CC)c1ncc(NS(=O)(=O)c2cccc(F)c2)cc1C(=O)O. The second-order valence-corrected chi connectivity index (χ2v) is 7.58. The molecule has 0 unspecified atom stereocenters. The maximum Gasteiger partial charge on any atom is 0.339 e. The molecule has 0 aliphatic rings. The Hall–Kier alpha value is -2.68. The number of carboxylic acids is 1. The van der Waals surface area contributed by atoms with Crippen LogP contribution in [0.25, 0.3) is 0 Å². The lowest BCUT2D eigenvalue weighted by Crippen LogP contribution is -2.27. The minimum Gasteiger partial charge on any atom is -0.478 e. The highest BCUT2D eigenvalue weighted by Gasteiger charge is 2.20. The number of carboxylic acid groups (broad SMARTS) is 1. The molecule has 0 amide bonds. The molecule has 2 N–H and O–H groups in total. The van der Waals surface area contributed by atoms with E-state index in [0.717, 1.165) is 25.0 Å². The van der Waals surface area contributed by atoms with Gasteiger partial charge < -0.3 is 10.0 Å². The molecule has 1 heterocycles. The number of aromatic nitrogens is 1. The van der Waals surface area contributed by atoms with Crippen molar-refractivity contribution in [2.45, 2.75) is 31.6 Å². The molecule has 2 rings (SSSR count). The summed E-state index contributed by atoms with van der Waals surface area (Å²) in [6.45, 7) is 5.14. The molecule has 146 valence electrons. The number of pyridine rings is 1. The van der Waals surface area contributed by atoms with E-state index in [1.54, 1.807) is 0 Å². The van der Waals surface area contributed by atoms with Gasteiger partial charge in [-0.15, -0.1) is 0 Å². The average Bonchev–Trinajstić information content (AvgIpc) is 2.62. The van der Waals surface area contributed by atoms with Crippen molar-refractivity contribution in [3.63, 3.8) is 0 Å². The van der Waals surface area contributed by atoms with Crippen LogP contribution in [0.3, 0.4) is 0 Å². The van der Waals surface area contributed by atoms with Gasteiger partial charge in [-0.3, -0.25) is 4.72 Å². The van der Waals surface area contributed by atoms with E-state index >= 15 is 0 Å². The molecule has 0 fully saturated rings. The van der Waals surface area contributed by atoms with Gasteiger partial charge in [-0.05, 0) is 37.6 Å². The maximum atomic E-state index is 13.3. The number of benzene rings is 1. The van der Waals surface area contributed by atoms with Crippen LogP contribution in [-0.4, -0.2) is 37.6 Å². The van der Waals surface area contributed by atoms with Crippen molar-refractivity contribution in [2.75, 3.05) is 22.7 Å². The third-order valence-corrected chi connectivity index (χ3v) is 5.30. The lowest BCUT2D eigenvalue weighted by Gasteiger charge is -2.23. The van der Waals surface area contributed by atoms with Crippen molar-refractivity contribution >= 4 is 27.5 Å². The van der Waals surface area contributed by atoms with Gasteiger partial charge in [-0.1, -0.05) is 19.4 Å². The zero-order valence-electron chi connectivity index (χ0n) is 15.1. The minimum atomic E-state index is -4.07. The summed E-state index contributed by atoms with van der Waals surface area (Å²) in [7, 11) is -4.07. The largest absolute Gasteiger partial charge is 0.478 e. The Morgan fingerprint density at radius 1 is 1.30 bits per heavy atom. The number of nitrogens with one attached hydrogen (secondary N) is 1. The molecule has 9 heteroatoms. The van der Waals surface area contributed by atoms with E-state index in [0.29, 0.717) is 13.1 Å². The molecule has 0 bridgehead atoms. The molecule has 0 aliphatic carbocycles. The summed E-state index contributed by atoms with van der Waals surface area (Å²) in [5.74, 6) is -1.61. The first-order valence-corrected chi connectivity index (χ1v) is 10.0. The Morgan fingerprint density at radius 2 is 2.04 bits per heavy atom. The fraction of sp³-hybridized carbons (Fsp3) is 0.333. The summed E-state index contributed by atoms with van der Waals surface area (Å²) in [6, 6.07) is 5.76. The van der Waals surface area contributed by atoms with Crippen LogP contribution < -0.4 is 9.62 Å². The number of anilines is 2. The van der Waals surface area contributed by atoms with Gasteiger partial charge in [0.25, 0.3) is 10.0 Å². The third-order valence-electron chi connectivity index (χ3n) is 3.92. The van der Waals surface area contributed by atoms with Crippen LogP contribution in [0.15, 0.2) is 41.4 Å².